The Hall–Kier alpha value is -3.53. The molecule has 4 rings (SSSR count). The fourth-order valence-electron chi connectivity index (χ4n) is 4.17. The number of thioether (sulfide) groups is 1. The van der Waals surface area contributed by atoms with Crippen LogP contribution in [0, 0.1) is 0 Å². The van der Waals surface area contributed by atoms with E-state index in [1.54, 1.807) is 0 Å². The highest BCUT2D eigenvalue weighted by atomic mass is 32.2. The summed E-state index contributed by atoms with van der Waals surface area (Å²) in [5.41, 5.74) is -3.98. The zero-order valence-electron chi connectivity index (χ0n) is 20.0. The largest absolute Gasteiger partial charge is 0.480 e. The van der Waals surface area contributed by atoms with Crippen LogP contribution in [-0.4, -0.2) is 69.8 Å². The minimum atomic E-state index is -5.12. The van der Waals surface area contributed by atoms with Crippen LogP contribution in [-0.2, 0) is 31.5 Å². The summed E-state index contributed by atoms with van der Waals surface area (Å²) in [6.07, 6.45) is -11.7. The molecule has 16 heteroatoms. The van der Waals surface area contributed by atoms with Crippen molar-refractivity contribution >= 4 is 40.4 Å². The van der Waals surface area contributed by atoms with Crippen LogP contribution in [0.1, 0.15) is 18.2 Å². The standard InChI is InChI=1S/C23H19F6N3O6S/c1-9(18(33)31-16-19(34)32-17(21(35)36)10(7-37-2)8-39-20(16)32)38-13-6-14(23(27,28)29)30-15-11(13)4-3-5-12(15)22(24,25)26/h3-6,9,16,20H,7-8H2,1-2H3,(H,31,33)(H,35,36)/t9?,16-,20-/m1/s1. The lowest BCUT2D eigenvalue weighted by Crippen LogP contribution is -2.71. The molecule has 2 aromatic rings. The van der Waals surface area contributed by atoms with Gasteiger partial charge in [0.05, 0.1) is 17.7 Å². The van der Waals surface area contributed by atoms with Gasteiger partial charge in [0.2, 0.25) is 0 Å². The number of nitrogens with one attached hydrogen (secondary N) is 1. The van der Waals surface area contributed by atoms with Crippen molar-refractivity contribution in [3.63, 3.8) is 0 Å². The smallest absolute Gasteiger partial charge is 0.433 e. The molecule has 9 nitrogen and oxygen atoms in total. The normalized spacial score (nSPS) is 20.4. The number of carboxylic acids is 1. The summed E-state index contributed by atoms with van der Waals surface area (Å²) in [5.74, 6) is -3.52. The van der Waals surface area contributed by atoms with Gasteiger partial charge in [-0.1, -0.05) is 6.07 Å². The number of nitrogens with zero attached hydrogens (tertiary/aromatic N) is 2. The second kappa shape index (κ2) is 10.2. The molecule has 39 heavy (non-hydrogen) atoms. The van der Waals surface area contributed by atoms with Crippen LogP contribution >= 0.6 is 11.8 Å². The zero-order chi connectivity index (χ0) is 28.9. The predicted octanol–water partition coefficient (Wildman–Crippen LogP) is 3.42. The maximum absolute atomic E-state index is 13.5. The monoisotopic (exact) mass is 579 g/mol. The highest BCUT2D eigenvalue weighted by Gasteiger charge is 2.54. The Balaban J connectivity index is 1.58. The summed E-state index contributed by atoms with van der Waals surface area (Å²) < 4.78 is 91.0. The van der Waals surface area contributed by atoms with Crippen LogP contribution < -0.4 is 10.1 Å². The first-order valence-electron chi connectivity index (χ1n) is 11.1. The van der Waals surface area contributed by atoms with Gasteiger partial charge in [-0.25, -0.2) is 9.78 Å². The molecule has 0 bridgehead atoms. The van der Waals surface area contributed by atoms with E-state index in [4.69, 9.17) is 9.47 Å². The molecule has 1 aromatic heterocycles. The van der Waals surface area contributed by atoms with Gasteiger partial charge in [0.15, 0.2) is 6.10 Å². The van der Waals surface area contributed by atoms with E-state index in [0.29, 0.717) is 17.7 Å². The molecule has 1 fully saturated rings. The Morgan fingerprint density at radius 1 is 1.23 bits per heavy atom. The molecule has 1 unspecified atom stereocenters. The van der Waals surface area contributed by atoms with Crippen LogP contribution in [0.5, 0.6) is 5.75 Å². The summed E-state index contributed by atoms with van der Waals surface area (Å²) in [6.45, 7) is 1.11. The Morgan fingerprint density at radius 2 is 1.92 bits per heavy atom. The summed E-state index contributed by atoms with van der Waals surface area (Å²) >= 11 is 1.17. The number of alkyl halides is 6. The van der Waals surface area contributed by atoms with Crippen molar-refractivity contribution in [3.8, 4) is 5.75 Å². The van der Waals surface area contributed by atoms with E-state index >= 15 is 0 Å². The Morgan fingerprint density at radius 3 is 2.51 bits per heavy atom. The van der Waals surface area contributed by atoms with Crippen molar-refractivity contribution in [1.82, 2.24) is 15.2 Å². The molecule has 1 saturated heterocycles. The Kier molecular flexibility index (Phi) is 7.46. The molecule has 2 aliphatic rings. The van der Waals surface area contributed by atoms with Crippen molar-refractivity contribution in [2.75, 3.05) is 19.5 Å². The molecule has 1 aromatic carbocycles. The van der Waals surface area contributed by atoms with E-state index in [-0.39, 0.29) is 18.1 Å². The molecule has 2 amide bonds. The van der Waals surface area contributed by atoms with Crippen LogP contribution in [0.2, 0.25) is 0 Å². The van der Waals surface area contributed by atoms with E-state index in [0.717, 1.165) is 24.0 Å². The van der Waals surface area contributed by atoms with Crippen molar-refractivity contribution in [3.05, 3.63) is 46.8 Å². The number of para-hydroxylation sites is 1. The molecule has 0 spiro atoms. The van der Waals surface area contributed by atoms with Crippen molar-refractivity contribution in [2.45, 2.75) is 36.8 Å². The summed E-state index contributed by atoms with van der Waals surface area (Å²) in [5, 5.41) is 10.8. The average Bonchev–Trinajstić information content (AvgIpc) is 2.85. The number of hydrogen-bond acceptors (Lipinski definition) is 7. The third-order valence-electron chi connectivity index (χ3n) is 5.94. The van der Waals surface area contributed by atoms with E-state index < -0.39 is 75.6 Å². The highest BCUT2D eigenvalue weighted by molar-refractivity contribution is 8.00. The Bertz CT molecular complexity index is 1380. The fraction of sp³-hybridized carbons (Fsp3) is 0.391. The lowest BCUT2D eigenvalue weighted by Gasteiger charge is -2.49. The number of ether oxygens (including phenoxy) is 2. The summed E-state index contributed by atoms with van der Waals surface area (Å²) in [6, 6.07) is 1.83. The number of aromatic nitrogens is 1. The average molecular weight is 579 g/mol. The SMILES string of the molecule is COCC1=C(C(=O)O)N2C(=O)[C@@H](NC(=O)C(C)Oc3cc(C(F)(F)F)nc4c(C(F)(F)F)cccc34)[C@H]2SC1. The highest BCUT2D eigenvalue weighted by Crippen LogP contribution is 2.42. The van der Waals surface area contributed by atoms with Gasteiger partial charge in [-0.2, -0.15) is 26.3 Å². The number of carbonyl (C=O) groups is 3. The van der Waals surface area contributed by atoms with Gasteiger partial charge >= 0.3 is 18.3 Å². The number of hydrogen-bond donors (Lipinski definition) is 2. The molecule has 2 N–H and O–H groups in total. The number of carboxylic acid groups (broad SMARTS) is 1. The van der Waals surface area contributed by atoms with Gasteiger partial charge in [-0.15, -0.1) is 11.8 Å². The molecule has 0 radical (unpaired) electrons. The second-order valence-corrected chi connectivity index (χ2v) is 9.65. The number of β-lactam (4-membered cyclic amide) rings is 1. The van der Waals surface area contributed by atoms with Gasteiger partial charge < -0.3 is 19.9 Å². The maximum atomic E-state index is 13.5. The molecule has 0 aliphatic carbocycles. The van der Waals surface area contributed by atoms with E-state index in [9.17, 15) is 45.8 Å². The first-order chi connectivity index (χ1) is 18.1. The molecule has 0 saturated carbocycles. The van der Waals surface area contributed by atoms with Crippen LogP contribution in [0.4, 0.5) is 26.3 Å². The van der Waals surface area contributed by atoms with E-state index in [1.165, 1.54) is 18.9 Å². The molecule has 3 heterocycles. The van der Waals surface area contributed by atoms with Crippen LogP contribution in [0.15, 0.2) is 35.5 Å². The van der Waals surface area contributed by atoms with Gasteiger partial charge in [0.1, 0.15) is 28.6 Å². The van der Waals surface area contributed by atoms with Gasteiger partial charge in [0, 0.05) is 24.3 Å². The topological polar surface area (TPSA) is 118 Å². The van der Waals surface area contributed by atoms with E-state index in [1.807, 2.05) is 0 Å². The molecular weight excluding hydrogens is 560 g/mol. The number of pyridine rings is 1. The first kappa shape index (κ1) is 28.5. The lowest BCUT2D eigenvalue weighted by atomic mass is 10.0. The maximum Gasteiger partial charge on any atom is 0.433 e. The fourth-order valence-corrected chi connectivity index (χ4v) is 5.50. The van der Waals surface area contributed by atoms with Gasteiger partial charge in [0.25, 0.3) is 11.8 Å². The number of aliphatic carboxylic acids is 1. The summed E-state index contributed by atoms with van der Waals surface area (Å²) in [4.78, 5) is 41.4. The molecule has 2 aliphatic heterocycles. The lowest BCUT2D eigenvalue weighted by molar-refractivity contribution is -0.151. The molecule has 3 atom stereocenters. The zero-order valence-corrected chi connectivity index (χ0v) is 20.8. The predicted molar refractivity (Wildman–Crippen MR) is 123 cm³/mol. The molecular formula is C23H19F6N3O6S. The van der Waals surface area contributed by atoms with Gasteiger partial charge in [-0.05, 0) is 24.6 Å². The number of amides is 2. The third-order valence-corrected chi connectivity index (χ3v) is 7.28. The second-order valence-electron chi connectivity index (χ2n) is 8.55. The number of rotatable bonds is 7. The summed E-state index contributed by atoms with van der Waals surface area (Å²) in [7, 11) is 1.36. The minimum Gasteiger partial charge on any atom is -0.480 e. The number of fused-ring (bicyclic) bond motifs is 2. The van der Waals surface area contributed by atoms with E-state index in [2.05, 4.69) is 10.3 Å². The van der Waals surface area contributed by atoms with Crippen molar-refractivity contribution in [2.24, 2.45) is 0 Å². The third kappa shape index (κ3) is 5.34. The van der Waals surface area contributed by atoms with Gasteiger partial charge in [-0.3, -0.25) is 14.5 Å². The van der Waals surface area contributed by atoms with Crippen molar-refractivity contribution < 1.29 is 55.3 Å². The minimum absolute atomic E-state index is 0.0249. The Labute approximate surface area is 220 Å². The number of carbonyl (C=O) groups excluding carboxylic acids is 2. The number of halogens is 6. The first-order valence-corrected chi connectivity index (χ1v) is 12.1. The molecule has 210 valence electrons. The number of methoxy groups -OCH3 is 1. The van der Waals surface area contributed by atoms with Crippen LogP contribution in [0.3, 0.4) is 0 Å². The van der Waals surface area contributed by atoms with Crippen LogP contribution in [0.25, 0.3) is 10.9 Å². The quantitative estimate of drug-likeness (QED) is 0.379. The number of benzene rings is 1. The van der Waals surface area contributed by atoms with Crippen molar-refractivity contribution in [1.29, 1.82) is 0 Å².